The Morgan fingerprint density at radius 3 is 2.52 bits per heavy atom. The van der Waals surface area contributed by atoms with Gasteiger partial charge in [-0.1, -0.05) is 41.9 Å². The molecule has 2 rings (SSSR count). The van der Waals surface area contributed by atoms with E-state index in [9.17, 15) is 4.79 Å². The minimum atomic E-state index is -0.613. The lowest BCUT2D eigenvalue weighted by Crippen LogP contribution is -2.37. The summed E-state index contributed by atoms with van der Waals surface area (Å²) in [7, 11) is 1.56. The Bertz CT molecular complexity index is 833. The predicted molar refractivity (Wildman–Crippen MR) is 118 cm³/mol. The van der Waals surface area contributed by atoms with Crippen molar-refractivity contribution in [1.29, 1.82) is 0 Å². The summed E-state index contributed by atoms with van der Waals surface area (Å²) in [4.78, 5) is 14.4. The number of rotatable bonds is 6. The zero-order valence-corrected chi connectivity index (χ0v) is 18.7. The normalized spacial score (nSPS) is 11.8. The molecule has 0 heterocycles. The molecule has 27 heavy (non-hydrogen) atoms. The van der Waals surface area contributed by atoms with Crippen LogP contribution in [0.15, 0.2) is 41.9 Å². The molecule has 0 fully saturated rings. The first-order chi connectivity index (χ1) is 12.8. The standard InChI is InChI=1S/C20H23ClINO4/c1-20(2,3)27-19(24)23(11-7-10-21)16-12-17(26-13-25-4)14-8-5-6-9-15(14)18(16)22/h5-10,12H,11,13H2,1-4H3/b10-7-. The number of hydrogen-bond acceptors (Lipinski definition) is 4. The van der Waals surface area contributed by atoms with E-state index in [1.165, 1.54) is 10.4 Å². The van der Waals surface area contributed by atoms with Crippen LogP contribution in [0, 0.1) is 3.57 Å². The molecule has 2 aromatic carbocycles. The van der Waals surface area contributed by atoms with Crippen LogP contribution in [0.3, 0.4) is 0 Å². The van der Waals surface area contributed by atoms with E-state index in [0.29, 0.717) is 11.4 Å². The van der Waals surface area contributed by atoms with Crippen LogP contribution >= 0.6 is 34.2 Å². The van der Waals surface area contributed by atoms with Crippen LogP contribution in [0.25, 0.3) is 10.8 Å². The molecule has 0 N–H and O–H groups in total. The summed E-state index contributed by atoms with van der Waals surface area (Å²) in [5, 5.41) is 1.92. The molecule has 0 radical (unpaired) electrons. The van der Waals surface area contributed by atoms with Gasteiger partial charge < -0.3 is 14.2 Å². The molecular formula is C20H23ClINO4. The number of carbonyl (C=O) groups is 1. The van der Waals surface area contributed by atoms with Gasteiger partial charge in [-0.25, -0.2) is 4.79 Å². The molecule has 146 valence electrons. The topological polar surface area (TPSA) is 48.0 Å². The van der Waals surface area contributed by atoms with E-state index < -0.39 is 11.7 Å². The molecule has 7 heteroatoms. The van der Waals surface area contributed by atoms with Crippen LogP contribution in [0.1, 0.15) is 20.8 Å². The Morgan fingerprint density at radius 1 is 1.26 bits per heavy atom. The van der Waals surface area contributed by atoms with Gasteiger partial charge in [-0.3, -0.25) is 4.90 Å². The molecule has 0 saturated carbocycles. The van der Waals surface area contributed by atoms with Gasteiger partial charge in [0.25, 0.3) is 0 Å². The highest BCUT2D eigenvalue weighted by Gasteiger charge is 2.26. The summed E-state index contributed by atoms with van der Waals surface area (Å²) in [6, 6.07) is 9.69. The lowest BCUT2D eigenvalue weighted by atomic mass is 10.1. The third-order valence-corrected chi connectivity index (χ3v) is 4.85. The minimum absolute atomic E-state index is 0.109. The van der Waals surface area contributed by atoms with Gasteiger partial charge in [0.2, 0.25) is 0 Å². The highest BCUT2D eigenvalue weighted by atomic mass is 127. The van der Waals surface area contributed by atoms with Crippen molar-refractivity contribution < 1.29 is 19.0 Å². The second-order valence-corrected chi connectivity index (χ2v) is 8.09. The fourth-order valence-corrected chi connectivity index (χ4v) is 3.46. The smallest absolute Gasteiger partial charge is 0.415 e. The van der Waals surface area contributed by atoms with Gasteiger partial charge >= 0.3 is 6.09 Å². The first kappa shape index (κ1) is 21.8. The van der Waals surface area contributed by atoms with E-state index in [4.69, 9.17) is 25.8 Å². The summed E-state index contributed by atoms with van der Waals surface area (Å²) in [6.07, 6.45) is 1.23. The number of methoxy groups -OCH3 is 1. The quantitative estimate of drug-likeness (QED) is 0.363. The van der Waals surface area contributed by atoms with E-state index in [-0.39, 0.29) is 13.3 Å². The summed E-state index contributed by atoms with van der Waals surface area (Å²) < 4.78 is 17.3. The average Bonchev–Trinajstić information content (AvgIpc) is 2.61. The van der Waals surface area contributed by atoms with Gasteiger partial charge in [-0.05, 0) is 43.4 Å². The highest BCUT2D eigenvalue weighted by molar-refractivity contribution is 14.1. The third kappa shape index (κ3) is 5.73. The molecule has 0 atom stereocenters. The monoisotopic (exact) mass is 503 g/mol. The van der Waals surface area contributed by atoms with E-state index in [1.807, 2.05) is 51.1 Å². The minimum Gasteiger partial charge on any atom is -0.467 e. The molecule has 0 spiro atoms. The second-order valence-electron chi connectivity index (χ2n) is 6.76. The molecule has 0 unspecified atom stereocenters. The first-order valence-corrected chi connectivity index (χ1v) is 9.88. The van der Waals surface area contributed by atoms with E-state index >= 15 is 0 Å². The SMILES string of the molecule is COCOc1cc(N(C/C=C\Cl)C(=O)OC(C)(C)C)c(I)c2ccccc12. The summed E-state index contributed by atoms with van der Waals surface area (Å²) in [5.74, 6) is 0.631. The number of halogens is 2. The molecule has 0 bridgehead atoms. The summed E-state index contributed by atoms with van der Waals surface area (Å²) in [5.41, 5.74) is 1.45. The second kappa shape index (κ2) is 9.61. The number of anilines is 1. The van der Waals surface area contributed by atoms with E-state index in [0.717, 1.165) is 14.3 Å². The third-order valence-electron chi connectivity index (χ3n) is 3.54. The van der Waals surface area contributed by atoms with Crippen molar-refractivity contribution in [3.63, 3.8) is 0 Å². The summed E-state index contributed by atoms with van der Waals surface area (Å²) in [6.45, 7) is 5.88. The van der Waals surface area contributed by atoms with Crippen molar-refractivity contribution >= 4 is 56.7 Å². The van der Waals surface area contributed by atoms with Gasteiger partial charge in [-0.2, -0.15) is 0 Å². The zero-order chi connectivity index (χ0) is 20.0. The van der Waals surface area contributed by atoms with E-state index in [2.05, 4.69) is 22.6 Å². The van der Waals surface area contributed by atoms with Crippen molar-refractivity contribution in [2.24, 2.45) is 0 Å². The Kier molecular flexibility index (Phi) is 7.76. The van der Waals surface area contributed by atoms with Gasteiger partial charge in [0.15, 0.2) is 6.79 Å². The molecule has 2 aromatic rings. The number of hydrogen-bond donors (Lipinski definition) is 0. The zero-order valence-electron chi connectivity index (χ0n) is 15.8. The number of nitrogens with zero attached hydrogens (tertiary/aromatic N) is 1. The van der Waals surface area contributed by atoms with Crippen molar-refractivity contribution in [3.05, 3.63) is 45.5 Å². The van der Waals surface area contributed by atoms with Crippen LogP contribution in [-0.2, 0) is 9.47 Å². The molecule has 0 aliphatic rings. The number of ether oxygens (including phenoxy) is 3. The highest BCUT2D eigenvalue weighted by Crippen LogP contribution is 2.38. The maximum absolute atomic E-state index is 12.8. The number of benzene rings is 2. The Labute approximate surface area is 178 Å². The maximum atomic E-state index is 12.8. The number of fused-ring (bicyclic) bond motifs is 1. The van der Waals surface area contributed by atoms with Gasteiger partial charge in [-0.15, -0.1) is 0 Å². The van der Waals surface area contributed by atoms with Crippen molar-refractivity contribution in [2.45, 2.75) is 26.4 Å². The Morgan fingerprint density at radius 2 is 1.93 bits per heavy atom. The van der Waals surface area contributed by atoms with Crippen LogP contribution in [-0.4, -0.2) is 32.1 Å². The lowest BCUT2D eigenvalue weighted by molar-refractivity contribution is 0.0522. The van der Waals surface area contributed by atoms with Crippen LogP contribution in [0.2, 0.25) is 0 Å². The Hall–Kier alpha value is -1.51. The maximum Gasteiger partial charge on any atom is 0.415 e. The fourth-order valence-electron chi connectivity index (χ4n) is 2.46. The van der Waals surface area contributed by atoms with Crippen LogP contribution in [0.5, 0.6) is 5.75 Å². The molecule has 5 nitrogen and oxygen atoms in total. The van der Waals surface area contributed by atoms with Crippen molar-refractivity contribution in [2.75, 3.05) is 25.3 Å². The Balaban J connectivity index is 2.59. The first-order valence-electron chi connectivity index (χ1n) is 8.37. The fraction of sp³-hybridized carbons (Fsp3) is 0.350. The van der Waals surface area contributed by atoms with Gasteiger partial charge in [0, 0.05) is 39.6 Å². The molecule has 1 amide bonds. The van der Waals surface area contributed by atoms with Gasteiger partial charge in [0.1, 0.15) is 11.4 Å². The molecule has 0 saturated heterocycles. The molecule has 0 aliphatic carbocycles. The molecule has 0 aromatic heterocycles. The van der Waals surface area contributed by atoms with Gasteiger partial charge in [0.05, 0.1) is 5.69 Å². The lowest BCUT2D eigenvalue weighted by Gasteiger charge is -2.28. The molecular weight excluding hydrogens is 481 g/mol. The molecule has 0 aliphatic heterocycles. The largest absolute Gasteiger partial charge is 0.467 e. The predicted octanol–water partition coefficient (Wildman–Crippen LogP) is 5.92. The number of amides is 1. The van der Waals surface area contributed by atoms with E-state index in [1.54, 1.807) is 13.2 Å². The van der Waals surface area contributed by atoms with Crippen LogP contribution in [0.4, 0.5) is 10.5 Å². The number of carbonyl (C=O) groups excluding carboxylic acids is 1. The van der Waals surface area contributed by atoms with Crippen molar-refractivity contribution in [3.8, 4) is 5.75 Å². The van der Waals surface area contributed by atoms with Crippen LogP contribution < -0.4 is 9.64 Å². The average molecular weight is 504 g/mol. The summed E-state index contributed by atoms with van der Waals surface area (Å²) >= 11 is 7.94. The van der Waals surface area contributed by atoms with Crippen molar-refractivity contribution in [1.82, 2.24) is 0 Å².